The molecular formula is C8H10N2O2. The van der Waals surface area contributed by atoms with Gasteiger partial charge < -0.3 is 10.5 Å². The third-order valence-corrected chi connectivity index (χ3v) is 1.29. The molecule has 1 aromatic heterocycles. The van der Waals surface area contributed by atoms with Gasteiger partial charge in [0.25, 0.3) is 5.91 Å². The first kappa shape index (κ1) is 8.52. The lowest BCUT2D eigenvalue weighted by atomic mass is 10.3. The molecule has 0 aliphatic carbocycles. The number of ether oxygens (including phenoxy) is 1. The predicted octanol–water partition coefficient (Wildman–Crippen LogP) is 0.579. The fourth-order valence-electron chi connectivity index (χ4n) is 0.802. The molecule has 1 rings (SSSR count). The summed E-state index contributed by atoms with van der Waals surface area (Å²) in [7, 11) is 0. The van der Waals surface area contributed by atoms with E-state index < -0.39 is 5.91 Å². The number of amides is 1. The van der Waals surface area contributed by atoms with Crippen LogP contribution in [0.2, 0.25) is 0 Å². The Morgan fingerprint density at radius 2 is 2.50 bits per heavy atom. The SMILES string of the molecule is CCOc1ccnc(C(N)=O)c1. The summed E-state index contributed by atoms with van der Waals surface area (Å²) in [6.45, 7) is 2.42. The smallest absolute Gasteiger partial charge is 0.267 e. The van der Waals surface area contributed by atoms with E-state index in [1.165, 1.54) is 12.3 Å². The zero-order valence-electron chi connectivity index (χ0n) is 6.78. The van der Waals surface area contributed by atoms with Gasteiger partial charge in [-0.15, -0.1) is 0 Å². The summed E-state index contributed by atoms with van der Waals surface area (Å²) in [6, 6.07) is 3.20. The Morgan fingerprint density at radius 3 is 3.08 bits per heavy atom. The molecule has 4 heteroatoms. The summed E-state index contributed by atoms with van der Waals surface area (Å²) in [5.74, 6) is 0.0675. The number of aromatic nitrogens is 1. The molecule has 0 saturated carbocycles. The Kier molecular flexibility index (Phi) is 2.63. The molecule has 12 heavy (non-hydrogen) atoms. The Labute approximate surface area is 70.4 Å². The minimum atomic E-state index is -0.545. The van der Waals surface area contributed by atoms with Crippen molar-refractivity contribution < 1.29 is 9.53 Å². The van der Waals surface area contributed by atoms with Crippen molar-refractivity contribution in [3.05, 3.63) is 24.0 Å². The number of hydrogen-bond donors (Lipinski definition) is 1. The van der Waals surface area contributed by atoms with Gasteiger partial charge in [0.15, 0.2) is 0 Å². The number of carbonyl (C=O) groups excluding carboxylic acids is 1. The Balaban J connectivity index is 2.88. The van der Waals surface area contributed by atoms with Crippen LogP contribution in [0.25, 0.3) is 0 Å². The highest BCUT2D eigenvalue weighted by molar-refractivity contribution is 5.91. The zero-order chi connectivity index (χ0) is 8.97. The van der Waals surface area contributed by atoms with Crippen LogP contribution in [0.3, 0.4) is 0 Å². The second-order valence-corrected chi connectivity index (χ2v) is 2.17. The first-order valence-corrected chi connectivity index (χ1v) is 3.62. The zero-order valence-corrected chi connectivity index (χ0v) is 6.78. The molecule has 0 spiro atoms. The summed E-state index contributed by atoms with van der Waals surface area (Å²) in [6.07, 6.45) is 1.49. The highest BCUT2D eigenvalue weighted by Gasteiger charge is 2.02. The number of carbonyl (C=O) groups is 1. The van der Waals surface area contributed by atoms with Crippen molar-refractivity contribution in [2.24, 2.45) is 5.73 Å². The first-order chi connectivity index (χ1) is 5.74. The van der Waals surface area contributed by atoms with Crippen LogP contribution in [0.15, 0.2) is 18.3 Å². The van der Waals surface area contributed by atoms with Crippen LogP contribution >= 0.6 is 0 Å². The average Bonchev–Trinajstić information content (AvgIpc) is 2.05. The summed E-state index contributed by atoms with van der Waals surface area (Å²) >= 11 is 0. The third kappa shape index (κ3) is 1.95. The molecule has 2 N–H and O–H groups in total. The van der Waals surface area contributed by atoms with Crippen molar-refractivity contribution in [3.63, 3.8) is 0 Å². The highest BCUT2D eigenvalue weighted by Crippen LogP contribution is 2.09. The van der Waals surface area contributed by atoms with Crippen molar-refractivity contribution >= 4 is 5.91 Å². The van der Waals surface area contributed by atoms with Crippen LogP contribution in [0.5, 0.6) is 5.75 Å². The summed E-state index contributed by atoms with van der Waals surface area (Å²) in [4.78, 5) is 14.4. The molecule has 0 unspecified atom stereocenters. The summed E-state index contributed by atoms with van der Waals surface area (Å²) in [5, 5.41) is 0. The van der Waals surface area contributed by atoms with Gasteiger partial charge >= 0.3 is 0 Å². The van der Waals surface area contributed by atoms with Gasteiger partial charge in [-0.3, -0.25) is 9.78 Å². The maximum Gasteiger partial charge on any atom is 0.267 e. The fraction of sp³-hybridized carbons (Fsp3) is 0.250. The predicted molar refractivity (Wildman–Crippen MR) is 43.9 cm³/mol. The number of rotatable bonds is 3. The minimum Gasteiger partial charge on any atom is -0.494 e. The molecule has 0 atom stereocenters. The number of nitrogens with two attached hydrogens (primary N) is 1. The molecule has 4 nitrogen and oxygen atoms in total. The molecule has 0 aromatic carbocycles. The largest absolute Gasteiger partial charge is 0.494 e. The summed E-state index contributed by atoms with van der Waals surface area (Å²) < 4.78 is 5.15. The maximum absolute atomic E-state index is 10.7. The molecule has 0 radical (unpaired) electrons. The second-order valence-electron chi connectivity index (χ2n) is 2.17. The van der Waals surface area contributed by atoms with Crippen LogP contribution in [-0.4, -0.2) is 17.5 Å². The highest BCUT2D eigenvalue weighted by atomic mass is 16.5. The number of pyridine rings is 1. The lowest BCUT2D eigenvalue weighted by Crippen LogP contribution is -2.12. The molecule has 1 heterocycles. The standard InChI is InChI=1S/C8H10N2O2/c1-2-12-6-3-4-10-7(5-6)8(9)11/h3-5H,2H2,1H3,(H2,9,11). The molecule has 0 saturated heterocycles. The normalized spacial score (nSPS) is 9.42. The van der Waals surface area contributed by atoms with E-state index in [2.05, 4.69) is 4.98 Å². The number of hydrogen-bond acceptors (Lipinski definition) is 3. The van der Waals surface area contributed by atoms with Crippen molar-refractivity contribution in [2.75, 3.05) is 6.61 Å². The van der Waals surface area contributed by atoms with Gasteiger partial charge in [0.1, 0.15) is 11.4 Å². The van der Waals surface area contributed by atoms with Gasteiger partial charge in [-0.25, -0.2) is 0 Å². The Bertz CT molecular complexity index is 286. The summed E-state index contributed by atoms with van der Waals surface area (Å²) in [5.41, 5.74) is 5.24. The van der Waals surface area contributed by atoms with Crippen molar-refractivity contribution in [3.8, 4) is 5.75 Å². The van der Waals surface area contributed by atoms with Crippen molar-refractivity contribution in [1.29, 1.82) is 0 Å². The van der Waals surface area contributed by atoms with Gasteiger partial charge in [0.05, 0.1) is 6.61 Å². The van der Waals surface area contributed by atoms with E-state index in [1.54, 1.807) is 6.07 Å². The van der Waals surface area contributed by atoms with Gasteiger partial charge in [-0.05, 0) is 13.0 Å². The monoisotopic (exact) mass is 166 g/mol. The van der Waals surface area contributed by atoms with E-state index in [0.717, 1.165) is 0 Å². The van der Waals surface area contributed by atoms with E-state index in [0.29, 0.717) is 12.4 Å². The Morgan fingerprint density at radius 1 is 1.75 bits per heavy atom. The van der Waals surface area contributed by atoms with E-state index in [9.17, 15) is 4.79 Å². The average molecular weight is 166 g/mol. The van der Waals surface area contributed by atoms with E-state index in [-0.39, 0.29) is 5.69 Å². The van der Waals surface area contributed by atoms with Crippen molar-refractivity contribution in [2.45, 2.75) is 6.92 Å². The molecule has 1 amide bonds. The van der Waals surface area contributed by atoms with Crippen LogP contribution in [0.4, 0.5) is 0 Å². The van der Waals surface area contributed by atoms with Crippen LogP contribution in [-0.2, 0) is 0 Å². The van der Waals surface area contributed by atoms with E-state index in [4.69, 9.17) is 10.5 Å². The minimum absolute atomic E-state index is 0.223. The second kappa shape index (κ2) is 3.71. The van der Waals surface area contributed by atoms with E-state index >= 15 is 0 Å². The molecule has 64 valence electrons. The topological polar surface area (TPSA) is 65.2 Å². The molecule has 0 fully saturated rings. The quantitative estimate of drug-likeness (QED) is 0.714. The van der Waals surface area contributed by atoms with Gasteiger partial charge in [0.2, 0.25) is 0 Å². The first-order valence-electron chi connectivity index (χ1n) is 3.62. The third-order valence-electron chi connectivity index (χ3n) is 1.29. The maximum atomic E-state index is 10.7. The van der Waals surface area contributed by atoms with Gasteiger partial charge in [-0.2, -0.15) is 0 Å². The molecule has 0 bridgehead atoms. The van der Waals surface area contributed by atoms with E-state index in [1.807, 2.05) is 6.92 Å². The molecule has 0 aliphatic rings. The lowest BCUT2D eigenvalue weighted by molar-refractivity contribution is 0.0995. The fourth-order valence-corrected chi connectivity index (χ4v) is 0.802. The van der Waals surface area contributed by atoms with Gasteiger partial charge in [0, 0.05) is 12.3 Å². The lowest BCUT2D eigenvalue weighted by Gasteiger charge is -2.02. The van der Waals surface area contributed by atoms with Gasteiger partial charge in [-0.1, -0.05) is 0 Å². The van der Waals surface area contributed by atoms with Crippen LogP contribution in [0.1, 0.15) is 17.4 Å². The molecular weight excluding hydrogens is 156 g/mol. The Hall–Kier alpha value is -1.58. The number of nitrogens with zero attached hydrogens (tertiary/aromatic N) is 1. The number of primary amides is 1. The molecule has 1 aromatic rings. The van der Waals surface area contributed by atoms with Crippen LogP contribution in [0, 0.1) is 0 Å². The van der Waals surface area contributed by atoms with Crippen LogP contribution < -0.4 is 10.5 Å². The van der Waals surface area contributed by atoms with Crippen molar-refractivity contribution in [1.82, 2.24) is 4.98 Å². The molecule has 0 aliphatic heterocycles.